The smallest absolute Gasteiger partial charge is 0.345 e. The van der Waals surface area contributed by atoms with Crippen LogP contribution < -0.4 is 10.1 Å². The molecule has 30 heavy (non-hydrogen) atoms. The summed E-state index contributed by atoms with van der Waals surface area (Å²) in [6, 6.07) is 22.1. The monoisotopic (exact) mass is 404 g/mol. The minimum Gasteiger partial charge on any atom is -0.481 e. The van der Waals surface area contributed by atoms with Crippen LogP contribution in [0.4, 0.5) is 10.1 Å². The lowest BCUT2D eigenvalue weighted by atomic mass is 10.1. The third-order valence-corrected chi connectivity index (χ3v) is 4.05. The second-order valence-corrected chi connectivity index (χ2v) is 6.17. The largest absolute Gasteiger partial charge is 0.481 e. The Morgan fingerprint density at radius 1 is 0.967 bits per heavy atom. The number of halogens is 1. The molecule has 0 aromatic heterocycles. The predicted octanol–water partition coefficient (Wildman–Crippen LogP) is 4.00. The quantitative estimate of drug-likeness (QED) is 0.602. The second-order valence-electron chi connectivity index (χ2n) is 6.17. The lowest BCUT2D eigenvalue weighted by Gasteiger charge is -2.18. The molecule has 0 fully saturated rings. The Morgan fingerprint density at radius 3 is 2.33 bits per heavy atom. The second kappa shape index (κ2) is 9.85. The topological polar surface area (TPSA) is 88.4 Å². The number of nitrogens with zero attached hydrogens (tertiary/aromatic N) is 1. The van der Waals surface area contributed by atoms with Gasteiger partial charge >= 0.3 is 5.97 Å². The summed E-state index contributed by atoms with van der Waals surface area (Å²) in [5.74, 6) is -1.58. The molecule has 0 aliphatic heterocycles. The molecule has 0 bridgehead atoms. The van der Waals surface area contributed by atoms with E-state index in [2.05, 4.69) is 5.32 Å². The van der Waals surface area contributed by atoms with Crippen molar-refractivity contribution in [2.24, 2.45) is 0 Å². The summed E-state index contributed by atoms with van der Waals surface area (Å²) in [5, 5.41) is 11.7. The predicted molar refractivity (Wildman–Crippen MR) is 107 cm³/mol. The molecular weight excluding hydrogens is 387 g/mol. The average molecular weight is 404 g/mol. The normalized spacial score (nSPS) is 11.1. The maximum atomic E-state index is 13.1. The van der Waals surface area contributed by atoms with Crippen molar-refractivity contribution in [2.75, 3.05) is 11.9 Å². The number of carbonyl (C=O) groups is 2. The van der Waals surface area contributed by atoms with Gasteiger partial charge < -0.3 is 14.8 Å². The van der Waals surface area contributed by atoms with E-state index in [0.717, 1.165) is 0 Å². The van der Waals surface area contributed by atoms with E-state index in [1.807, 2.05) is 6.07 Å². The first kappa shape index (κ1) is 20.6. The van der Waals surface area contributed by atoms with Crippen LogP contribution in [0.1, 0.15) is 17.2 Å². The standard InChI is InChI=1S/C23H17FN2O4/c24-18-10-12-19(13-11-18)26-23(28)22(16-6-2-1-3-7-16)30-21(27)15-29-20-9-5-4-8-17(20)14-25/h1-13,22H,15H2,(H,26,28)/t22-/m0/s1. The fraction of sp³-hybridized carbons (Fsp3) is 0.0870. The summed E-state index contributed by atoms with van der Waals surface area (Å²) in [6.45, 7) is -0.480. The zero-order valence-electron chi connectivity index (χ0n) is 15.7. The molecule has 6 nitrogen and oxygen atoms in total. The van der Waals surface area contributed by atoms with Gasteiger partial charge in [0.05, 0.1) is 5.56 Å². The number of hydrogen-bond donors (Lipinski definition) is 1. The molecule has 0 unspecified atom stereocenters. The highest BCUT2D eigenvalue weighted by molar-refractivity contribution is 5.96. The first-order chi connectivity index (χ1) is 14.6. The summed E-state index contributed by atoms with van der Waals surface area (Å²) in [7, 11) is 0. The Kier molecular flexibility index (Phi) is 6.74. The average Bonchev–Trinajstić information content (AvgIpc) is 2.78. The molecule has 0 heterocycles. The van der Waals surface area contributed by atoms with E-state index in [0.29, 0.717) is 11.3 Å². The van der Waals surface area contributed by atoms with Gasteiger partial charge in [0.1, 0.15) is 17.6 Å². The highest BCUT2D eigenvalue weighted by Gasteiger charge is 2.25. The van der Waals surface area contributed by atoms with Crippen molar-refractivity contribution in [1.82, 2.24) is 0 Å². The lowest BCUT2D eigenvalue weighted by Crippen LogP contribution is -2.28. The van der Waals surface area contributed by atoms with E-state index in [9.17, 15) is 14.0 Å². The van der Waals surface area contributed by atoms with E-state index in [-0.39, 0.29) is 11.3 Å². The van der Waals surface area contributed by atoms with Crippen LogP contribution in [-0.4, -0.2) is 18.5 Å². The molecule has 3 aromatic carbocycles. The fourth-order valence-electron chi connectivity index (χ4n) is 2.63. The van der Waals surface area contributed by atoms with Gasteiger partial charge in [-0.25, -0.2) is 9.18 Å². The SMILES string of the molecule is N#Cc1ccccc1OCC(=O)O[C@H](C(=O)Nc1ccc(F)cc1)c1ccccc1. The molecule has 0 aliphatic carbocycles. The van der Waals surface area contributed by atoms with Gasteiger partial charge in [0.15, 0.2) is 6.61 Å². The minimum absolute atomic E-state index is 0.240. The molecule has 7 heteroatoms. The zero-order chi connectivity index (χ0) is 21.3. The van der Waals surface area contributed by atoms with E-state index >= 15 is 0 Å². The number of rotatable bonds is 7. The van der Waals surface area contributed by atoms with Crippen molar-refractivity contribution in [3.05, 3.63) is 95.8 Å². The van der Waals surface area contributed by atoms with Crippen molar-refractivity contribution in [3.8, 4) is 11.8 Å². The number of esters is 1. The van der Waals surface area contributed by atoms with Gasteiger partial charge in [-0.15, -0.1) is 0 Å². The Bertz CT molecular complexity index is 1060. The van der Waals surface area contributed by atoms with Crippen LogP contribution in [0.15, 0.2) is 78.9 Å². The third kappa shape index (κ3) is 5.42. The molecule has 0 radical (unpaired) electrons. The van der Waals surface area contributed by atoms with Crippen LogP contribution in [0, 0.1) is 17.1 Å². The van der Waals surface area contributed by atoms with Gasteiger partial charge in [-0.1, -0.05) is 42.5 Å². The zero-order valence-corrected chi connectivity index (χ0v) is 15.7. The molecule has 3 aromatic rings. The Balaban J connectivity index is 1.71. The molecule has 1 amide bonds. The van der Waals surface area contributed by atoms with Gasteiger partial charge in [-0.3, -0.25) is 4.79 Å². The number of ether oxygens (including phenoxy) is 2. The lowest BCUT2D eigenvalue weighted by molar-refractivity contribution is -0.156. The Hall–Kier alpha value is -4.18. The highest BCUT2D eigenvalue weighted by Crippen LogP contribution is 2.21. The first-order valence-electron chi connectivity index (χ1n) is 8.99. The molecule has 150 valence electrons. The van der Waals surface area contributed by atoms with Gasteiger partial charge in [0.25, 0.3) is 5.91 Å². The Labute approximate surface area is 172 Å². The van der Waals surface area contributed by atoms with Crippen LogP contribution >= 0.6 is 0 Å². The number of carbonyl (C=O) groups excluding carboxylic acids is 2. The summed E-state index contributed by atoms with van der Waals surface area (Å²) in [5.41, 5.74) is 1.10. The third-order valence-electron chi connectivity index (χ3n) is 4.05. The number of hydrogen-bond acceptors (Lipinski definition) is 5. The minimum atomic E-state index is -1.24. The molecule has 1 N–H and O–H groups in total. The van der Waals surface area contributed by atoms with Gasteiger partial charge in [0.2, 0.25) is 6.10 Å². The van der Waals surface area contributed by atoms with E-state index in [1.165, 1.54) is 24.3 Å². The number of para-hydroxylation sites is 1. The molecule has 0 spiro atoms. The number of anilines is 1. The van der Waals surface area contributed by atoms with Gasteiger partial charge in [-0.2, -0.15) is 5.26 Å². The van der Waals surface area contributed by atoms with Crippen molar-refractivity contribution in [1.29, 1.82) is 5.26 Å². The van der Waals surface area contributed by atoms with E-state index in [4.69, 9.17) is 14.7 Å². The van der Waals surface area contributed by atoms with Crippen LogP contribution in [0.2, 0.25) is 0 Å². The first-order valence-corrected chi connectivity index (χ1v) is 8.99. The number of benzene rings is 3. The molecule has 0 aliphatic rings. The van der Waals surface area contributed by atoms with Crippen LogP contribution in [-0.2, 0) is 14.3 Å². The summed E-state index contributed by atoms with van der Waals surface area (Å²) >= 11 is 0. The van der Waals surface area contributed by atoms with E-state index < -0.39 is 30.4 Å². The highest BCUT2D eigenvalue weighted by atomic mass is 19.1. The van der Waals surface area contributed by atoms with Gasteiger partial charge in [0, 0.05) is 11.3 Å². The van der Waals surface area contributed by atoms with Crippen LogP contribution in [0.3, 0.4) is 0 Å². The van der Waals surface area contributed by atoms with Crippen molar-refractivity contribution < 1.29 is 23.5 Å². The van der Waals surface area contributed by atoms with Crippen molar-refractivity contribution >= 4 is 17.6 Å². The van der Waals surface area contributed by atoms with Crippen molar-refractivity contribution in [2.45, 2.75) is 6.10 Å². The summed E-state index contributed by atoms with van der Waals surface area (Å²) in [4.78, 5) is 25.1. The van der Waals surface area contributed by atoms with Crippen LogP contribution in [0.5, 0.6) is 5.75 Å². The molecule has 1 atom stereocenters. The maximum Gasteiger partial charge on any atom is 0.345 e. The van der Waals surface area contributed by atoms with Gasteiger partial charge in [-0.05, 0) is 36.4 Å². The molecule has 0 saturated heterocycles. The fourth-order valence-corrected chi connectivity index (χ4v) is 2.63. The number of nitrogens with one attached hydrogen (secondary N) is 1. The summed E-state index contributed by atoms with van der Waals surface area (Å²) < 4.78 is 23.8. The van der Waals surface area contributed by atoms with E-state index in [1.54, 1.807) is 54.6 Å². The van der Waals surface area contributed by atoms with Crippen LogP contribution in [0.25, 0.3) is 0 Å². The summed E-state index contributed by atoms with van der Waals surface area (Å²) in [6.07, 6.45) is -1.24. The Morgan fingerprint density at radius 2 is 1.63 bits per heavy atom. The molecule has 3 rings (SSSR count). The number of nitriles is 1. The molecule has 0 saturated carbocycles. The molecular formula is C23H17FN2O4. The number of amides is 1. The van der Waals surface area contributed by atoms with Crippen molar-refractivity contribution in [3.63, 3.8) is 0 Å². The maximum absolute atomic E-state index is 13.1.